The summed E-state index contributed by atoms with van der Waals surface area (Å²) in [5.74, 6) is 0.925. The maximum Gasteiger partial charge on any atom is 0.242 e. The van der Waals surface area contributed by atoms with Crippen LogP contribution in [0.5, 0.6) is 11.5 Å². The summed E-state index contributed by atoms with van der Waals surface area (Å²) >= 11 is 0. The molecule has 2 heterocycles. The van der Waals surface area contributed by atoms with E-state index in [1.807, 2.05) is 36.4 Å². The molecule has 3 rings (SSSR count). The van der Waals surface area contributed by atoms with Crippen molar-refractivity contribution in [2.24, 2.45) is 0 Å². The lowest BCUT2D eigenvalue weighted by Crippen LogP contribution is -2.37. The lowest BCUT2D eigenvalue weighted by molar-refractivity contribution is -0.123. The standard InChI is InChI=1S/C22H24N4O3/c1-28-19-7-3-6-18(21(19)29-2)20(25-14-16-8-11-23-12-9-16)22(27)26-15-17-5-4-10-24-13-17/h3-13,20,25H,14-15H2,1-2H3,(H,26,27). The topological polar surface area (TPSA) is 85.4 Å². The number of para-hydroxylation sites is 1. The number of amides is 1. The second kappa shape index (κ2) is 10.2. The van der Waals surface area contributed by atoms with E-state index in [2.05, 4.69) is 20.6 Å². The van der Waals surface area contributed by atoms with Gasteiger partial charge in [0, 0.05) is 43.4 Å². The van der Waals surface area contributed by atoms with E-state index in [4.69, 9.17) is 9.47 Å². The average molecular weight is 392 g/mol. The first kappa shape index (κ1) is 20.3. The Morgan fingerprint density at radius 2 is 1.76 bits per heavy atom. The quantitative estimate of drug-likeness (QED) is 0.582. The van der Waals surface area contributed by atoms with Crippen molar-refractivity contribution in [3.63, 3.8) is 0 Å². The molecule has 0 aliphatic carbocycles. The molecule has 0 spiro atoms. The molecule has 150 valence electrons. The lowest BCUT2D eigenvalue weighted by Gasteiger charge is -2.22. The normalized spacial score (nSPS) is 11.5. The zero-order valence-electron chi connectivity index (χ0n) is 16.5. The summed E-state index contributed by atoms with van der Waals surface area (Å²) in [7, 11) is 3.14. The molecule has 1 amide bonds. The zero-order chi connectivity index (χ0) is 20.5. The van der Waals surface area contributed by atoms with Gasteiger partial charge in [0.25, 0.3) is 0 Å². The van der Waals surface area contributed by atoms with Crippen molar-refractivity contribution in [1.82, 2.24) is 20.6 Å². The number of rotatable bonds is 9. The number of methoxy groups -OCH3 is 2. The molecule has 29 heavy (non-hydrogen) atoms. The third kappa shape index (κ3) is 5.30. The van der Waals surface area contributed by atoms with Crippen molar-refractivity contribution in [3.05, 3.63) is 83.9 Å². The molecule has 0 fully saturated rings. The second-order valence-electron chi connectivity index (χ2n) is 6.33. The van der Waals surface area contributed by atoms with E-state index in [-0.39, 0.29) is 5.91 Å². The summed E-state index contributed by atoms with van der Waals surface area (Å²) in [6.45, 7) is 0.875. The van der Waals surface area contributed by atoms with Crippen LogP contribution in [0.4, 0.5) is 0 Å². The number of hydrogen-bond donors (Lipinski definition) is 2. The highest BCUT2D eigenvalue weighted by atomic mass is 16.5. The summed E-state index contributed by atoms with van der Waals surface area (Å²) in [4.78, 5) is 21.2. The third-order valence-corrected chi connectivity index (χ3v) is 4.46. The Morgan fingerprint density at radius 1 is 0.931 bits per heavy atom. The Balaban J connectivity index is 1.84. The van der Waals surface area contributed by atoms with Crippen molar-refractivity contribution < 1.29 is 14.3 Å². The fraction of sp³-hybridized carbons (Fsp3) is 0.227. The van der Waals surface area contributed by atoms with E-state index in [9.17, 15) is 4.79 Å². The molecule has 0 radical (unpaired) electrons. The molecule has 0 saturated carbocycles. The van der Waals surface area contributed by atoms with Gasteiger partial charge in [0.1, 0.15) is 6.04 Å². The minimum Gasteiger partial charge on any atom is -0.493 e. The van der Waals surface area contributed by atoms with Crippen LogP contribution in [-0.2, 0) is 17.9 Å². The van der Waals surface area contributed by atoms with Gasteiger partial charge in [-0.25, -0.2) is 0 Å². The van der Waals surface area contributed by atoms with Gasteiger partial charge in [-0.2, -0.15) is 0 Å². The highest BCUT2D eigenvalue weighted by molar-refractivity contribution is 5.84. The molecule has 0 aliphatic heterocycles. The molecule has 0 saturated heterocycles. The smallest absolute Gasteiger partial charge is 0.242 e. The number of carbonyl (C=O) groups excluding carboxylic acids is 1. The summed E-state index contributed by atoms with van der Waals surface area (Å²) in [5.41, 5.74) is 2.64. The first-order valence-electron chi connectivity index (χ1n) is 9.22. The minimum absolute atomic E-state index is 0.172. The van der Waals surface area contributed by atoms with Gasteiger partial charge in [0.2, 0.25) is 5.91 Å². The van der Waals surface area contributed by atoms with Crippen LogP contribution in [0.1, 0.15) is 22.7 Å². The van der Waals surface area contributed by atoms with Crippen molar-refractivity contribution >= 4 is 5.91 Å². The van der Waals surface area contributed by atoms with E-state index < -0.39 is 6.04 Å². The number of nitrogens with zero attached hydrogens (tertiary/aromatic N) is 2. The number of nitrogens with one attached hydrogen (secondary N) is 2. The number of hydrogen-bond acceptors (Lipinski definition) is 6. The second-order valence-corrected chi connectivity index (χ2v) is 6.33. The van der Waals surface area contributed by atoms with Gasteiger partial charge in [-0.3, -0.25) is 20.1 Å². The van der Waals surface area contributed by atoms with E-state index in [1.165, 1.54) is 0 Å². The van der Waals surface area contributed by atoms with Crippen molar-refractivity contribution in [3.8, 4) is 11.5 Å². The zero-order valence-corrected chi connectivity index (χ0v) is 16.5. The summed E-state index contributed by atoms with van der Waals surface area (Å²) in [6.07, 6.45) is 6.87. The molecule has 1 aromatic carbocycles. The molecule has 1 atom stereocenters. The average Bonchev–Trinajstić information content (AvgIpc) is 2.79. The molecule has 7 heteroatoms. The van der Waals surface area contributed by atoms with Crippen molar-refractivity contribution in [2.75, 3.05) is 14.2 Å². The number of aromatic nitrogens is 2. The maximum atomic E-state index is 13.1. The summed E-state index contributed by atoms with van der Waals surface area (Å²) in [6, 6.07) is 12.4. The van der Waals surface area contributed by atoms with Gasteiger partial charge in [0.05, 0.1) is 14.2 Å². The van der Waals surface area contributed by atoms with E-state index >= 15 is 0 Å². The van der Waals surface area contributed by atoms with E-state index in [0.717, 1.165) is 11.1 Å². The fourth-order valence-corrected chi connectivity index (χ4v) is 3.00. The SMILES string of the molecule is COc1cccc(C(NCc2ccncc2)C(=O)NCc2cccnc2)c1OC. The van der Waals surface area contributed by atoms with E-state index in [1.54, 1.807) is 45.1 Å². The van der Waals surface area contributed by atoms with Crippen molar-refractivity contribution in [2.45, 2.75) is 19.1 Å². The van der Waals surface area contributed by atoms with Crippen LogP contribution in [0.2, 0.25) is 0 Å². The Hall–Kier alpha value is -3.45. The molecule has 2 aromatic heterocycles. The van der Waals surface area contributed by atoms with Crippen molar-refractivity contribution in [1.29, 1.82) is 0 Å². The van der Waals surface area contributed by atoms with Crippen LogP contribution in [-0.4, -0.2) is 30.1 Å². The molecule has 0 bridgehead atoms. The Morgan fingerprint density at radius 3 is 2.45 bits per heavy atom. The van der Waals surface area contributed by atoms with Gasteiger partial charge < -0.3 is 14.8 Å². The van der Waals surface area contributed by atoms with Crippen LogP contribution in [0, 0.1) is 0 Å². The van der Waals surface area contributed by atoms with Gasteiger partial charge in [-0.1, -0.05) is 18.2 Å². The van der Waals surface area contributed by atoms with Gasteiger partial charge >= 0.3 is 0 Å². The van der Waals surface area contributed by atoms with Gasteiger partial charge in [-0.15, -0.1) is 0 Å². The Bertz CT molecular complexity index is 920. The molecule has 3 aromatic rings. The number of benzene rings is 1. The molecular formula is C22H24N4O3. The summed E-state index contributed by atoms with van der Waals surface area (Å²) in [5, 5.41) is 6.30. The maximum absolute atomic E-state index is 13.1. The molecule has 1 unspecified atom stereocenters. The van der Waals surface area contributed by atoms with Gasteiger partial charge in [0.15, 0.2) is 11.5 Å². The first-order chi connectivity index (χ1) is 14.2. The molecule has 0 aliphatic rings. The Kier molecular flexibility index (Phi) is 7.13. The minimum atomic E-state index is -0.634. The predicted octanol–water partition coefficient (Wildman–Crippen LogP) is 2.64. The predicted molar refractivity (Wildman–Crippen MR) is 109 cm³/mol. The van der Waals surface area contributed by atoms with Crippen LogP contribution in [0.25, 0.3) is 0 Å². The molecule has 7 nitrogen and oxygen atoms in total. The van der Waals surface area contributed by atoms with Crippen LogP contribution >= 0.6 is 0 Å². The Labute approximate surface area is 170 Å². The summed E-state index contributed by atoms with van der Waals surface area (Å²) < 4.78 is 10.9. The van der Waals surface area contributed by atoms with Crippen LogP contribution < -0.4 is 20.1 Å². The van der Waals surface area contributed by atoms with Crippen LogP contribution in [0.15, 0.2) is 67.3 Å². The van der Waals surface area contributed by atoms with Crippen LogP contribution in [0.3, 0.4) is 0 Å². The number of carbonyl (C=O) groups is 1. The number of pyridine rings is 2. The lowest BCUT2D eigenvalue weighted by atomic mass is 10.0. The fourth-order valence-electron chi connectivity index (χ4n) is 3.00. The highest BCUT2D eigenvalue weighted by Gasteiger charge is 2.25. The van der Waals surface area contributed by atoms with E-state index in [0.29, 0.717) is 30.2 Å². The largest absolute Gasteiger partial charge is 0.493 e. The first-order valence-corrected chi connectivity index (χ1v) is 9.22. The highest BCUT2D eigenvalue weighted by Crippen LogP contribution is 2.34. The monoisotopic (exact) mass is 392 g/mol. The van der Waals surface area contributed by atoms with Gasteiger partial charge in [-0.05, 0) is 35.4 Å². The third-order valence-electron chi connectivity index (χ3n) is 4.46. The number of ether oxygens (including phenoxy) is 2. The molecular weight excluding hydrogens is 368 g/mol. The molecule has 2 N–H and O–H groups in total.